The second-order valence-electron chi connectivity index (χ2n) is 5.03. The molecule has 0 aromatic rings. The number of nitrogens with one attached hydrogen (secondary N) is 1. The molecule has 0 spiro atoms. The highest BCUT2D eigenvalue weighted by atomic mass is 16.5. The summed E-state index contributed by atoms with van der Waals surface area (Å²) in [7, 11) is 0. The lowest BCUT2D eigenvalue weighted by molar-refractivity contribution is -0.137. The van der Waals surface area contributed by atoms with Crippen LogP contribution in [0.2, 0.25) is 0 Å². The van der Waals surface area contributed by atoms with Crippen molar-refractivity contribution in [3.63, 3.8) is 0 Å². The van der Waals surface area contributed by atoms with Crippen LogP contribution in [0.4, 0.5) is 0 Å². The molecule has 1 aliphatic rings. The molecule has 1 amide bonds. The Hall–Kier alpha value is -0.870. The Balaban J connectivity index is 2.27. The number of carbonyl (C=O) groups excluding carboxylic acids is 1. The third-order valence-corrected chi connectivity index (χ3v) is 3.04. The largest absolute Gasteiger partial charge is 0.379 e. The number of rotatable bonds is 8. The minimum atomic E-state index is -0.00748. The van der Waals surface area contributed by atoms with Gasteiger partial charge in [0.1, 0.15) is 0 Å². The molecule has 0 aromatic carbocycles. The number of likely N-dealkylation sites (tertiary alicyclic amines) is 1. The van der Waals surface area contributed by atoms with Crippen molar-refractivity contribution in [2.75, 3.05) is 26.3 Å². The molecule has 104 valence electrons. The first-order chi connectivity index (χ1) is 8.65. The molecule has 1 unspecified atom stereocenters. The molecule has 0 aromatic heterocycles. The number of piperidine rings is 1. The number of hydrogen-bond donors (Lipinski definition) is 1. The van der Waals surface area contributed by atoms with Gasteiger partial charge in [-0.3, -0.25) is 4.79 Å². The topological polar surface area (TPSA) is 41.6 Å². The summed E-state index contributed by atoms with van der Waals surface area (Å²) in [5.41, 5.74) is 0. The van der Waals surface area contributed by atoms with E-state index in [1.165, 1.54) is 0 Å². The third kappa shape index (κ3) is 5.19. The lowest BCUT2D eigenvalue weighted by Crippen LogP contribution is -2.53. The highest BCUT2D eigenvalue weighted by molar-refractivity contribution is 5.82. The molecule has 1 rings (SSSR count). The Morgan fingerprint density at radius 1 is 1.56 bits per heavy atom. The van der Waals surface area contributed by atoms with Gasteiger partial charge in [0.15, 0.2) is 0 Å². The van der Waals surface area contributed by atoms with Crippen molar-refractivity contribution in [3.8, 4) is 0 Å². The van der Waals surface area contributed by atoms with Gasteiger partial charge in [0.2, 0.25) is 5.91 Å². The van der Waals surface area contributed by atoms with Crippen LogP contribution >= 0.6 is 0 Å². The van der Waals surface area contributed by atoms with Crippen molar-refractivity contribution in [2.45, 2.75) is 45.2 Å². The van der Waals surface area contributed by atoms with E-state index >= 15 is 0 Å². The fourth-order valence-corrected chi connectivity index (χ4v) is 2.16. The van der Waals surface area contributed by atoms with Gasteiger partial charge in [-0.25, -0.2) is 0 Å². The van der Waals surface area contributed by atoms with Gasteiger partial charge in [0, 0.05) is 19.1 Å². The third-order valence-electron chi connectivity index (χ3n) is 3.04. The predicted molar refractivity (Wildman–Crippen MR) is 73.5 cm³/mol. The average Bonchev–Trinajstić information content (AvgIpc) is 2.33. The summed E-state index contributed by atoms with van der Waals surface area (Å²) in [6, 6.07) is 0.342. The standard InChI is InChI=1S/C14H26N2O2/c1-4-5-10-18-11-9-16-8-6-7-13(14(16)17)15-12(2)3/h4,12-13,15H,1,5-11H2,2-3H3. The second kappa shape index (κ2) is 8.27. The fourth-order valence-electron chi connectivity index (χ4n) is 2.16. The van der Waals surface area contributed by atoms with E-state index < -0.39 is 0 Å². The summed E-state index contributed by atoms with van der Waals surface area (Å²) < 4.78 is 5.46. The van der Waals surface area contributed by atoms with Crippen LogP contribution in [0.3, 0.4) is 0 Å². The van der Waals surface area contributed by atoms with Gasteiger partial charge < -0.3 is 15.0 Å². The summed E-state index contributed by atoms with van der Waals surface area (Å²) in [5, 5.41) is 3.33. The van der Waals surface area contributed by atoms with Crippen molar-refractivity contribution in [1.29, 1.82) is 0 Å². The van der Waals surface area contributed by atoms with Crippen LogP contribution < -0.4 is 5.32 Å². The van der Waals surface area contributed by atoms with Crippen LogP contribution in [0.5, 0.6) is 0 Å². The molecule has 4 nitrogen and oxygen atoms in total. The molecule has 1 saturated heterocycles. The van der Waals surface area contributed by atoms with Gasteiger partial charge in [-0.05, 0) is 19.3 Å². The molecular formula is C14H26N2O2. The van der Waals surface area contributed by atoms with Gasteiger partial charge in [0.25, 0.3) is 0 Å². The Bertz CT molecular complexity index is 267. The second-order valence-corrected chi connectivity index (χ2v) is 5.03. The zero-order valence-corrected chi connectivity index (χ0v) is 11.7. The zero-order chi connectivity index (χ0) is 13.4. The molecule has 1 aliphatic heterocycles. The maximum absolute atomic E-state index is 12.2. The molecule has 0 aliphatic carbocycles. The van der Waals surface area contributed by atoms with E-state index in [0.29, 0.717) is 25.8 Å². The molecule has 1 N–H and O–H groups in total. The van der Waals surface area contributed by atoms with Crippen LogP contribution in [0, 0.1) is 0 Å². The van der Waals surface area contributed by atoms with Gasteiger partial charge in [0.05, 0.1) is 19.3 Å². The minimum absolute atomic E-state index is 0.00748. The Morgan fingerprint density at radius 3 is 3.00 bits per heavy atom. The molecule has 1 atom stereocenters. The SMILES string of the molecule is C=CCCOCCN1CCCC(NC(C)C)C1=O. The van der Waals surface area contributed by atoms with Crippen molar-refractivity contribution < 1.29 is 9.53 Å². The van der Waals surface area contributed by atoms with E-state index in [0.717, 1.165) is 25.8 Å². The summed E-state index contributed by atoms with van der Waals surface area (Å²) in [6.45, 7) is 10.7. The molecule has 18 heavy (non-hydrogen) atoms. The van der Waals surface area contributed by atoms with E-state index in [1.54, 1.807) is 0 Å². The van der Waals surface area contributed by atoms with Crippen LogP contribution in [0.25, 0.3) is 0 Å². The number of hydrogen-bond acceptors (Lipinski definition) is 3. The van der Waals surface area contributed by atoms with E-state index in [4.69, 9.17) is 4.74 Å². The number of carbonyl (C=O) groups is 1. The predicted octanol–water partition coefficient (Wildman–Crippen LogP) is 1.57. The first kappa shape index (κ1) is 15.2. The Kier molecular flexibility index (Phi) is 6.98. The average molecular weight is 254 g/mol. The van der Waals surface area contributed by atoms with Gasteiger partial charge >= 0.3 is 0 Å². The highest BCUT2D eigenvalue weighted by Gasteiger charge is 2.28. The monoisotopic (exact) mass is 254 g/mol. The van der Waals surface area contributed by atoms with E-state index in [-0.39, 0.29) is 11.9 Å². The first-order valence-corrected chi connectivity index (χ1v) is 6.88. The zero-order valence-electron chi connectivity index (χ0n) is 11.7. The first-order valence-electron chi connectivity index (χ1n) is 6.88. The quantitative estimate of drug-likeness (QED) is 0.528. The Morgan fingerprint density at radius 2 is 2.33 bits per heavy atom. The van der Waals surface area contributed by atoms with Crippen molar-refractivity contribution in [1.82, 2.24) is 10.2 Å². The van der Waals surface area contributed by atoms with E-state index in [2.05, 4.69) is 25.7 Å². The Labute approximate surface area is 110 Å². The normalized spacial score (nSPS) is 20.5. The van der Waals surface area contributed by atoms with E-state index in [1.807, 2.05) is 11.0 Å². The number of nitrogens with zero attached hydrogens (tertiary/aromatic N) is 1. The van der Waals surface area contributed by atoms with Crippen LogP contribution in [-0.4, -0.2) is 49.2 Å². The maximum Gasteiger partial charge on any atom is 0.239 e. The smallest absolute Gasteiger partial charge is 0.239 e. The van der Waals surface area contributed by atoms with Crippen LogP contribution in [-0.2, 0) is 9.53 Å². The van der Waals surface area contributed by atoms with Gasteiger partial charge in [-0.1, -0.05) is 19.9 Å². The molecule has 0 radical (unpaired) electrons. The number of ether oxygens (including phenoxy) is 1. The van der Waals surface area contributed by atoms with Crippen molar-refractivity contribution >= 4 is 5.91 Å². The van der Waals surface area contributed by atoms with Crippen LogP contribution in [0.15, 0.2) is 12.7 Å². The molecule has 4 heteroatoms. The lowest BCUT2D eigenvalue weighted by atomic mass is 10.0. The molecule has 1 fully saturated rings. The summed E-state index contributed by atoms with van der Waals surface area (Å²) in [4.78, 5) is 14.1. The van der Waals surface area contributed by atoms with Gasteiger partial charge in [-0.2, -0.15) is 0 Å². The molecule has 0 bridgehead atoms. The van der Waals surface area contributed by atoms with Crippen molar-refractivity contribution in [3.05, 3.63) is 12.7 Å². The fraction of sp³-hybridized carbons (Fsp3) is 0.786. The van der Waals surface area contributed by atoms with E-state index in [9.17, 15) is 4.79 Å². The van der Waals surface area contributed by atoms with Crippen molar-refractivity contribution in [2.24, 2.45) is 0 Å². The molecule has 0 saturated carbocycles. The minimum Gasteiger partial charge on any atom is -0.379 e. The van der Waals surface area contributed by atoms with Gasteiger partial charge in [-0.15, -0.1) is 6.58 Å². The lowest BCUT2D eigenvalue weighted by Gasteiger charge is -2.33. The summed E-state index contributed by atoms with van der Waals surface area (Å²) in [5.74, 6) is 0.224. The molecule has 1 heterocycles. The summed E-state index contributed by atoms with van der Waals surface area (Å²) in [6.07, 6.45) is 4.73. The number of amides is 1. The summed E-state index contributed by atoms with van der Waals surface area (Å²) >= 11 is 0. The van der Waals surface area contributed by atoms with Crippen LogP contribution in [0.1, 0.15) is 33.1 Å². The highest BCUT2D eigenvalue weighted by Crippen LogP contribution is 2.12. The molecular weight excluding hydrogens is 228 g/mol. The maximum atomic E-state index is 12.2.